The smallest absolute Gasteiger partial charge is 0.266 e. The third-order valence-corrected chi connectivity index (χ3v) is 7.28. The number of hydrogen-bond acceptors (Lipinski definition) is 6. The Labute approximate surface area is 197 Å². The number of sulfonamides is 1. The Balaban J connectivity index is 1.37. The van der Waals surface area contributed by atoms with E-state index in [0.717, 1.165) is 5.56 Å². The van der Waals surface area contributed by atoms with Gasteiger partial charge in [0.05, 0.1) is 9.80 Å². The van der Waals surface area contributed by atoms with Gasteiger partial charge in [0.1, 0.15) is 4.32 Å². The first kappa shape index (κ1) is 24.1. The van der Waals surface area contributed by atoms with Crippen LogP contribution in [0.15, 0.2) is 70.5 Å². The molecule has 0 saturated carbocycles. The molecule has 2 aromatic carbocycles. The van der Waals surface area contributed by atoms with Crippen molar-refractivity contribution in [1.29, 1.82) is 0 Å². The summed E-state index contributed by atoms with van der Waals surface area (Å²) >= 11 is 6.63. The van der Waals surface area contributed by atoms with Gasteiger partial charge >= 0.3 is 0 Å². The average molecular weight is 490 g/mol. The van der Waals surface area contributed by atoms with E-state index in [0.29, 0.717) is 35.0 Å². The summed E-state index contributed by atoms with van der Waals surface area (Å²) in [7, 11) is -3.79. The van der Waals surface area contributed by atoms with E-state index >= 15 is 0 Å². The Morgan fingerprint density at radius 3 is 2.34 bits per heavy atom. The summed E-state index contributed by atoms with van der Waals surface area (Å²) in [5, 5.41) is 0. The molecule has 1 saturated heterocycles. The highest BCUT2D eigenvalue weighted by Gasteiger charge is 2.31. The predicted molar refractivity (Wildman–Crippen MR) is 130 cm³/mol. The minimum absolute atomic E-state index is 0.0742. The van der Waals surface area contributed by atoms with Gasteiger partial charge in [-0.3, -0.25) is 19.9 Å². The molecule has 10 heteroatoms. The lowest BCUT2D eigenvalue weighted by molar-refractivity contribution is -0.123. The van der Waals surface area contributed by atoms with Crippen LogP contribution in [0, 0.1) is 0 Å². The van der Waals surface area contributed by atoms with Gasteiger partial charge in [0.2, 0.25) is 5.91 Å². The second-order valence-electron chi connectivity index (χ2n) is 7.02. The molecule has 1 fully saturated rings. The van der Waals surface area contributed by atoms with Crippen molar-refractivity contribution in [1.82, 2.24) is 15.2 Å². The number of carbonyl (C=O) groups is 2. The molecule has 32 heavy (non-hydrogen) atoms. The van der Waals surface area contributed by atoms with Crippen LogP contribution >= 0.6 is 24.0 Å². The fourth-order valence-electron chi connectivity index (χ4n) is 2.97. The zero-order valence-corrected chi connectivity index (χ0v) is 19.6. The van der Waals surface area contributed by atoms with Crippen molar-refractivity contribution < 1.29 is 18.0 Å². The Morgan fingerprint density at radius 1 is 1.00 bits per heavy atom. The standard InChI is InChI=1S/C22H23N3O4S3/c26-20(23-24-32(28,29)18-12-6-2-7-13-18)14-8-3-9-15-25-21(27)19(31-22(25)30)16-17-10-4-1-5-11-17/h1-2,4-7,10-13,16,24H,3,8-9,14-15H2,(H,23,26). The normalized spacial score (nSPS) is 15.4. The lowest BCUT2D eigenvalue weighted by Crippen LogP contribution is -2.41. The maximum atomic E-state index is 12.6. The van der Waals surface area contributed by atoms with Crippen LogP contribution in [-0.2, 0) is 19.6 Å². The van der Waals surface area contributed by atoms with Gasteiger partial charge in [0.25, 0.3) is 15.9 Å². The van der Waals surface area contributed by atoms with E-state index in [1.807, 2.05) is 36.4 Å². The molecule has 2 N–H and O–H groups in total. The quantitative estimate of drug-likeness (QED) is 0.230. The molecule has 1 heterocycles. The average Bonchev–Trinajstić information content (AvgIpc) is 3.06. The van der Waals surface area contributed by atoms with Crippen molar-refractivity contribution in [2.24, 2.45) is 0 Å². The summed E-state index contributed by atoms with van der Waals surface area (Å²) in [4.78, 5) is 28.9. The predicted octanol–water partition coefficient (Wildman–Crippen LogP) is 3.46. The molecule has 0 unspecified atom stereocenters. The molecule has 3 rings (SSSR count). The zero-order valence-electron chi connectivity index (χ0n) is 17.2. The number of carbonyl (C=O) groups excluding carboxylic acids is 2. The summed E-state index contributed by atoms with van der Waals surface area (Å²) < 4.78 is 24.7. The van der Waals surface area contributed by atoms with Crippen molar-refractivity contribution >= 4 is 56.2 Å². The Morgan fingerprint density at radius 2 is 1.66 bits per heavy atom. The minimum Gasteiger partial charge on any atom is -0.293 e. The van der Waals surface area contributed by atoms with E-state index in [-0.39, 0.29) is 17.2 Å². The highest BCUT2D eigenvalue weighted by atomic mass is 32.2. The van der Waals surface area contributed by atoms with Gasteiger partial charge in [-0.1, -0.05) is 78.9 Å². The van der Waals surface area contributed by atoms with Gasteiger partial charge in [0, 0.05) is 13.0 Å². The fourth-order valence-corrected chi connectivity index (χ4v) is 5.16. The van der Waals surface area contributed by atoms with Crippen LogP contribution in [0.4, 0.5) is 0 Å². The third kappa shape index (κ3) is 6.73. The zero-order chi connectivity index (χ0) is 23.0. The maximum absolute atomic E-state index is 12.6. The molecule has 7 nitrogen and oxygen atoms in total. The number of nitrogens with zero attached hydrogens (tertiary/aromatic N) is 1. The number of nitrogens with one attached hydrogen (secondary N) is 2. The highest BCUT2D eigenvalue weighted by Crippen LogP contribution is 2.32. The number of benzene rings is 2. The van der Waals surface area contributed by atoms with Gasteiger partial charge in [0.15, 0.2) is 0 Å². The molecular weight excluding hydrogens is 466 g/mol. The fraction of sp³-hybridized carbons (Fsp3) is 0.227. The minimum atomic E-state index is -3.79. The van der Waals surface area contributed by atoms with Gasteiger partial charge in [-0.15, -0.1) is 4.83 Å². The SMILES string of the molecule is O=C(CCCCCN1C(=O)C(=Cc2ccccc2)SC1=S)NNS(=O)(=O)c1ccccc1. The number of unbranched alkanes of at least 4 members (excludes halogenated alkanes) is 2. The van der Waals surface area contributed by atoms with Gasteiger partial charge in [-0.2, -0.15) is 0 Å². The number of hydrogen-bond donors (Lipinski definition) is 2. The Bertz CT molecular complexity index is 1100. The molecule has 0 aromatic heterocycles. The summed E-state index contributed by atoms with van der Waals surface area (Å²) in [6.07, 6.45) is 3.96. The number of rotatable bonds is 10. The monoisotopic (exact) mass is 489 g/mol. The van der Waals surface area contributed by atoms with Crippen LogP contribution in [0.2, 0.25) is 0 Å². The first-order valence-electron chi connectivity index (χ1n) is 10.0. The number of thioether (sulfide) groups is 1. The van der Waals surface area contributed by atoms with Crippen LogP contribution in [0.1, 0.15) is 31.2 Å². The van der Waals surface area contributed by atoms with Crippen LogP contribution in [0.3, 0.4) is 0 Å². The lowest BCUT2D eigenvalue weighted by Gasteiger charge is -2.14. The molecule has 0 radical (unpaired) electrons. The van der Waals surface area contributed by atoms with Crippen LogP contribution in [0.25, 0.3) is 6.08 Å². The van der Waals surface area contributed by atoms with Gasteiger partial charge in [-0.25, -0.2) is 8.42 Å². The second-order valence-corrected chi connectivity index (χ2v) is 10.4. The largest absolute Gasteiger partial charge is 0.293 e. The molecule has 0 bridgehead atoms. The summed E-state index contributed by atoms with van der Waals surface area (Å²) in [5.74, 6) is -0.516. The number of thiocarbonyl (C=S) groups is 1. The summed E-state index contributed by atoms with van der Waals surface area (Å²) in [6.45, 7) is 0.485. The number of hydrazine groups is 1. The highest BCUT2D eigenvalue weighted by molar-refractivity contribution is 8.26. The molecule has 0 spiro atoms. The summed E-state index contributed by atoms with van der Waals surface area (Å²) in [6, 6.07) is 17.4. The van der Waals surface area contributed by atoms with Gasteiger partial charge < -0.3 is 0 Å². The van der Waals surface area contributed by atoms with E-state index in [1.54, 1.807) is 23.1 Å². The van der Waals surface area contributed by atoms with E-state index in [9.17, 15) is 18.0 Å². The maximum Gasteiger partial charge on any atom is 0.266 e. The van der Waals surface area contributed by atoms with Crippen molar-refractivity contribution in [3.63, 3.8) is 0 Å². The van der Waals surface area contributed by atoms with E-state index in [4.69, 9.17) is 12.2 Å². The Kier molecular flexibility index (Phi) is 8.57. The molecule has 2 amide bonds. The molecule has 0 atom stereocenters. The summed E-state index contributed by atoms with van der Waals surface area (Å²) in [5.41, 5.74) is 3.17. The van der Waals surface area contributed by atoms with E-state index in [2.05, 4.69) is 10.3 Å². The topological polar surface area (TPSA) is 95.6 Å². The van der Waals surface area contributed by atoms with Crippen LogP contribution in [-0.4, -0.2) is 36.0 Å². The molecule has 1 aliphatic heterocycles. The van der Waals surface area contributed by atoms with Crippen molar-refractivity contribution in [3.05, 3.63) is 71.1 Å². The van der Waals surface area contributed by atoms with Crippen LogP contribution in [0.5, 0.6) is 0 Å². The van der Waals surface area contributed by atoms with Crippen molar-refractivity contribution in [3.8, 4) is 0 Å². The van der Waals surface area contributed by atoms with Crippen LogP contribution < -0.4 is 10.3 Å². The lowest BCUT2D eigenvalue weighted by atomic mass is 10.2. The van der Waals surface area contributed by atoms with Crippen molar-refractivity contribution in [2.75, 3.05) is 6.54 Å². The van der Waals surface area contributed by atoms with Crippen molar-refractivity contribution in [2.45, 2.75) is 30.6 Å². The molecule has 2 aromatic rings. The molecule has 0 aliphatic carbocycles. The first-order valence-corrected chi connectivity index (χ1v) is 12.7. The van der Waals surface area contributed by atoms with Gasteiger partial charge in [-0.05, 0) is 36.6 Å². The second kappa shape index (κ2) is 11.4. The van der Waals surface area contributed by atoms with E-state index < -0.39 is 15.9 Å². The Hall–Kier alpha value is -2.53. The van der Waals surface area contributed by atoms with E-state index in [1.165, 1.54) is 23.9 Å². The first-order chi connectivity index (χ1) is 15.4. The molecule has 1 aliphatic rings. The number of amides is 2. The molecular formula is C22H23N3O4S3. The molecule has 168 valence electrons. The third-order valence-electron chi connectivity index (χ3n) is 4.63.